The van der Waals surface area contributed by atoms with E-state index in [9.17, 15) is 19.2 Å². The van der Waals surface area contributed by atoms with E-state index in [2.05, 4.69) is 73.7 Å². The van der Waals surface area contributed by atoms with Gasteiger partial charge >= 0.3 is 12.1 Å². The highest BCUT2D eigenvalue weighted by Gasteiger charge is 2.25. The van der Waals surface area contributed by atoms with Crippen molar-refractivity contribution in [1.82, 2.24) is 30.4 Å². The number of nitrogens with zero attached hydrogens (tertiary/aromatic N) is 4. The van der Waals surface area contributed by atoms with Gasteiger partial charge in [-0.15, -0.1) is 0 Å². The molecule has 0 bridgehead atoms. The Morgan fingerprint density at radius 1 is 0.405 bits per heavy atom. The highest BCUT2D eigenvalue weighted by Crippen LogP contribution is 2.27. The molecule has 0 atom stereocenters. The molecule has 10 rings (SSSR count). The number of carbonyl (C=O) groups is 2. The first-order valence-corrected chi connectivity index (χ1v) is 24.6. The quantitative estimate of drug-likeness (QED) is 0.0526. The summed E-state index contributed by atoms with van der Waals surface area (Å²) < 4.78 is 4.59. The van der Waals surface area contributed by atoms with Crippen molar-refractivity contribution in [2.24, 2.45) is 10.2 Å². The SMILES string of the molecule is O=C(N/N=C(/c1cccc(Br)c1)c1c(-c2ccccc2)[nH]n(-c2ccccc2)c1=O)Nc1ccccc1.O=C(N/N=C(/c1cccc(Br)c1)c1c(-c2ccccc2)[nH]n(-c2ccccc2)c1=O)Nc1ccccc1. The molecule has 0 saturated heterocycles. The van der Waals surface area contributed by atoms with Crippen molar-refractivity contribution in [2.45, 2.75) is 0 Å². The maximum atomic E-state index is 13.9. The van der Waals surface area contributed by atoms with Crippen LogP contribution >= 0.6 is 31.9 Å². The van der Waals surface area contributed by atoms with E-state index >= 15 is 0 Å². The number of hydrogen-bond acceptors (Lipinski definition) is 6. The summed E-state index contributed by atoms with van der Waals surface area (Å²) in [5.74, 6) is 0. The van der Waals surface area contributed by atoms with E-state index in [1.54, 1.807) is 24.3 Å². The normalized spacial score (nSPS) is 11.2. The van der Waals surface area contributed by atoms with E-state index in [0.29, 0.717) is 67.8 Å². The maximum Gasteiger partial charge on any atom is 0.339 e. The summed E-state index contributed by atoms with van der Waals surface area (Å²) in [5.41, 5.74) is 12.5. The summed E-state index contributed by atoms with van der Waals surface area (Å²) in [6.07, 6.45) is 0. The number of urea groups is 2. The Kier molecular flexibility index (Phi) is 15.9. The third kappa shape index (κ3) is 12.0. The summed E-state index contributed by atoms with van der Waals surface area (Å²) >= 11 is 7.01. The van der Waals surface area contributed by atoms with Gasteiger partial charge in [-0.1, -0.05) is 190 Å². The molecule has 364 valence electrons. The molecule has 16 heteroatoms. The van der Waals surface area contributed by atoms with Gasteiger partial charge in [0.2, 0.25) is 0 Å². The van der Waals surface area contributed by atoms with Crippen LogP contribution in [0.15, 0.2) is 259 Å². The van der Waals surface area contributed by atoms with Crippen LogP contribution < -0.4 is 32.6 Å². The third-order valence-corrected chi connectivity index (χ3v) is 12.2. The molecule has 0 fully saturated rings. The minimum Gasteiger partial charge on any atom is -0.307 e. The number of amides is 4. The average molecular weight is 1100 g/mol. The van der Waals surface area contributed by atoms with E-state index in [4.69, 9.17) is 0 Å². The number of nitrogens with one attached hydrogen (secondary N) is 6. The fourth-order valence-corrected chi connectivity index (χ4v) is 8.63. The number of rotatable bonds is 12. The molecule has 0 aliphatic heterocycles. The lowest BCUT2D eigenvalue weighted by molar-refractivity contribution is 0.251. The molecular formula is C58H44Br2N10O4. The highest BCUT2D eigenvalue weighted by atomic mass is 79.9. The molecule has 0 aliphatic rings. The van der Waals surface area contributed by atoms with Crippen molar-refractivity contribution in [3.63, 3.8) is 0 Å². The van der Waals surface area contributed by atoms with Crippen molar-refractivity contribution >= 4 is 66.7 Å². The van der Waals surface area contributed by atoms with Crippen LogP contribution in [0.25, 0.3) is 33.9 Å². The number of aromatic amines is 2. The van der Waals surface area contributed by atoms with Gasteiger partial charge in [0.05, 0.1) is 33.9 Å². The highest BCUT2D eigenvalue weighted by molar-refractivity contribution is 9.10. The van der Waals surface area contributed by atoms with Gasteiger partial charge in [0, 0.05) is 42.6 Å². The number of hydrogen-bond donors (Lipinski definition) is 6. The second-order valence-electron chi connectivity index (χ2n) is 16.2. The second-order valence-corrected chi connectivity index (χ2v) is 18.0. The Morgan fingerprint density at radius 3 is 1.07 bits per heavy atom. The van der Waals surface area contributed by atoms with Gasteiger partial charge < -0.3 is 10.6 Å². The van der Waals surface area contributed by atoms with Crippen molar-refractivity contribution < 1.29 is 9.59 Å². The van der Waals surface area contributed by atoms with Gasteiger partial charge in [-0.25, -0.2) is 29.8 Å². The molecule has 10 aromatic rings. The van der Waals surface area contributed by atoms with E-state index in [0.717, 1.165) is 20.1 Å². The Hall–Kier alpha value is -9.38. The number of benzene rings is 8. The summed E-state index contributed by atoms with van der Waals surface area (Å²) in [5, 5.41) is 20.9. The van der Waals surface area contributed by atoms with Gasteiger partial charge in [0.1, 0.15) is 11.4 Å². The fraction of sp³-hybridized carbons (Fsp3) is 0. The van der Waals surface area contributed by atoms with Crippen LogP contribution in [0.1, 0.15) is 22.3 Å². The Labute approximate surface area is 441 Å². The predicted octanol–water partition coefficient (Wildman–Crippen LogP) is 12.3. The molecule has 4 amide bonds. The summed E-state index contributed by atoms with van der Waals surface area (Å²) in [4.78, 5) is 53.2. The van der Waals surface area contributed by atoms with Crippen LogP contribution in [0.4, 0.5) is 21.0 Å². The molecular weight excluding hydrogens is 1060 g/mol. The number of halogens is 2. The monoisotopic (exact) mass is 1100 g/mol. The number of carbonyl (C=O) groups excluding carboxylic acids is 2. The Bertz CT molecular complexity index is 3470. The molecule has 8 aromatic carbocycles. The fourth-order valence-electron chi connectivity index (χ4n) is 7.83. The van der Waals surface area contributed by atoms with Crippen molar-refractivity contribution in [2.75, 3.05) is 10.6 Å². The topological polar surface area (TPSA) is 183 Å². The second kappa shape index (κ2) is 23.7. The Morgan fingerprint density at radius 2 is 0.730 bits per heavy atom. The van der Waals surface area contributed by atoms with Gasteiger partial charge in [0.15, 0.2) is 0 Å². The van der Waals surface area contributed by atoms with Crippen molar-refractivity contribution in [3.05, 3.63) is 282 Å². The van der Waals surface area contributed by atoms with Crippen LogP contribution in [-0.4, -0.2) is 43.0 Å². The van der Waals surface area contributed by atoms with Crippen LogP contribution in [-0.2, 0) is 0 Å². The lowest BCUT2D eigenvalue weighted by Crippen LogP contribution is -2.28. The lowest BCUT2D eigenvalue weighted by Gasteiger charge is -2.09. The summed E-state index contributed by atoms with van der Waals surface area (Å²) in [7, 11) is 0. The standard InChI is InChI=1S/2C29H22BrN5O2/c2*30-22-14-10-13-21(19-22)26(32-33-29(37)31-23-15-6-2-7-16-23)25-27(20-11-4-1-5-12-20)34-35(28(25)36)24-17-8-3-9-18-24/h2*1-19,34H,(H2,31,33,37)/b2*32-26-. The van der Waals surface area contributed by atoms with Crippen LogP contribution in [0, 0.1) is 0 Å². The smallest absolute Gasteiger partial charge is 0.307 e. The molecule has 14 nitrogen and oxygen atoms in total. The van der Waals surface area contributed by atoms with E-state index in [1.807, 2.05) is 206 Å². The molecule has 0 aliphatic carbocycles. The summed E-state index contributed by atoms with van der Waals surface area (Å²) in [6.45, 7) is 0. The Balaban J connectivity index is 0.000000182. The molecule has 0 saturated carbocycles. The van der Waals surface area contributed by atoms with E-state index in [-0.39, 0.29) is 11.1 Å². The van der Waals surface area contributed by atoms with Gasteiger partial charge in [0.25, 0.3) is 11.1 Å². The van der Waals surface area contributed by atoms with Gasteiger partial charge in [-0.3, -0.25) is 19.8 Å². The zero-order valence-corrected chi connectivity index (χ0v) is 42.3. The number of para-hydroxylation sites is 4. The first-order valence-electron chi connectivity index (χ1n) is 23.0. The molecule has 2 heterocycles. The van der Waals surface area contributed by atoms with E-state index in [1.165, 1.54) is 9.36 Å². The van der Waals surface area contributed by atoms with Crippen LogP contribution in [0.3, 0.4) is 0 Å². The number of H-pyrrole nitrogens is 2. The molecule has 0 unspecified atom stereocenters. The first-order chi connectivity index (χ1) is 36.2. The number of aromatic nitrogens is 4. The third-order valence-electron chi connectivity index (χ3n) is 11.2. The molecule has 0 spiro atoms. The largest absolute Gasteiger partial charge is 0.339 e. The maximum absolute atomic E-state index is 13.9. The molecule has 74 heavy (non-hydrogen) atoms. The minimum absolute atomic E-state index is 0.297. The van der Waals surface area contributed by atoms with Gasteiger partial charge in [-0.05, 0) is 72.8 Å². The average Bonchev–Trinajstić information content (AvgIpc) is 3.97. The predicted molar refractivity (Wildman–Crippen MR) is 300 cm³/mol. The lowest BCUT2D eigenvalue weighted by atomic mass is 9.99. The molecule has 6 N–H and O–H groups in total. The van der Waals surface area contributed by atoms with Crippen molar-refractivity contribution in [3.8, 4) is 33.9 Å². The number of anilines is 2. The minimum atomic E-state index is -0.529. The zero-order chi connectivity index (χ0) is 51.2. The van der Waals surface area contributed by atoms with Crippen LogP contribution in [0.5, 0.6) is 0 Å². The summed E-state index contributed by atoms with van der Waals surface area (Å²) in [6, 6.07) is 69.6. The van der Waals surface area contributed by atoms with Crippen LogP contribution in [0.2, 0.25) is 0 Å². The van der Waals surface area contributed by atoms with E-state index < -0.39 is 12.1 Å². The number of hydrazone groups is 2. The zero-order valence-electron chi connectivity index (χ0n) is 39.1. The van der Waals surface area contributed by atoms with Gasteiger partial charge in [-0.2, -0.15) is 10.2 Å². The first kappa shape index (κ1) is 49.6. The molecule has 2 aromatic heterocycles. The van der Waals surface area contributed by atoms with Crippen molar-refractivity contribution in [1.29, 1.82) is 0 Å². The molecule has 0 radical (unpaired) electrons.